The molecule has 0 aliphatic carbocycles. The highest BCUT2D eigenvalue weighted by molar-refractivity contribution is 14.0. The summed E-state index contributed by atoms with van der Waals surface area (Å²) in [4.78, 5) is 18.4. The number of guanidine groups is 1. The van der Waals surface area contributed by atoms with Gasteiger partial charge in [-0.05, 0) is 55.7 Å². The molecule has 1 amide bonds. The standard InChI is InChI=1S/C23H30N4O2.HI/c1-3-24-23(26-17-19-7-5-8-21(15-19)29-4-2)25-16-18-10-12-20(13-11-18)27-14-6-9-22(27)28;/h5,7-8,10-13,15H,3-4,6,9,14,16-17H2,1-2H3,(H2,24,25,26);1H. The highest BCUT2D eigenvalue weighted by atomic mass is 127. The summed E-state index contributed by atoms with van der Waals surface area (Å²) in [5, 5.41) is 6.65. The van der Waals surface area contributed by atoms with E-state index in [1.54, 1.807) is 0 Å². The van der Waals surface area contributed by atoms with Crippen molar-refractivity contribution in [1.82, 2.24) is 10.6 Å². The predicted octanol–water partition coefficient (Wildman–Crippen LogP) is 4.09. The first kappa shape index (κ1) is 24.0. The molecule has 0 saturated carbocycles. The zero-order valence-corrected chi connectivity index (χ0v) is 20.0. The Morgan fingerprint density at radius 3 is 2.57 bits per heavy atom. The van der Waals surface area contributed by atoms with Gasteiger partial charge in [0.05, 0.1) is 13.2 Å². The molecule has 1 heterocycles. The summed E-state index contributed by atoms with van der Waals surface area (Å²) in [6.07, 6.45) is 1.59. The quantitative estimate of drug-likeness (QED) is 0.312. The van der Waals surface area contributed by atoms with Gasteiger partial charge >= 0.3 is 0 Å². The van der Waals surface area contributed by atoms with Crippen LogP contribution in [0.15, 0.2) is 53.5 Å². The Bertz CT molecular complexity index is 839. The monoisotopic (exact) mass is 522 g/mol. The second kappa shape index (κ2) is 12.4. The van der Waals surface area contributed by atoms with Gasteiger partial charge in [-0.15, -0.1) is 24.0 Å². The van der Waals surface area contributed by atoms with Crippen molar-refractivity contribution in [2.45, 2.75) is 39.8 Å². The van der Waals surface area contributed by atoms with E-state index in [0.29, 0.717) is 26.1 Å². The summed E-state index contributed by atoms with van der Waals surface area (Å²) in [6, 6.07) is 16.2. The number of ether oxygens (including phenoxy) is 1. The molecule has 1 aliphatic heterocycles. The number of nitrogens with one attached hydrogen (secondary N) is 2. The van der Waals surface area contributed by atoms with Crippen LogP contribution in [-0.2, 0) is 17.9 Å². The molecule has 1 aliphatic rings. The average Bonchev–Trinajstić information content (AvgIpc) is 3.17. The minimum absolute atomic E-state index is 0. The lowest BCUT2D eigenvalue weighted by molar-refractivity contribution is -0.117. The van der Waals surface area contributed by atoms with Crippen LogP contribution in [0.3, 0.4) is 0 Å². The molecular weight excluding hydrogens is 491 g/mol. The SMILES string of the molecule is CCNC(=NCc1cccc(OCC)c1)NCc1ccc(N2CCCC2=O)cc1.I. The Hall–Kier alpha value is -2.29. The summed E-state index contributed by atoms with van der Waals surface area (Å²) < 4.78 is 5.56. The summed E-state index contributed by atoms with van der Waals surface area (Å²) in [7, 11) is 0. The minimum Gasteiger partial charge on any atom is -0.494 e. The maximum absolute atomic E-state index is 11.9. The van der Waals surface area contributed by atoms with Gasteiger partial charge in [0.2, 0.25) is 5.91 Å². The maximum Gasteiger partial charge on any atom is 0.227 e. The molecule has 2 N–H and O–H groups in total. The number of hydrogen-bond acceptors (Lipinski definition) is 3. The summed E-state index contributed by atoms with van der Waals surface area (Å²) in [5.74, 6) is 1.86. The molecule has 0 atom stereocenters. The zero-order valence-electron chi connectivity index (χ0n) is 17.7. The van der Waals surface area contributed by atoms with E-state index >= 15 is 0 Å². The van der Waals surface area contributed by atoms with E-state index in [1.165, 1.54) is 0 Å². The highest BCUT2D eigenvalue weighted by Gasteiger charge is 2.21. The Kier molecular flexibility index (Phi) is 9.93. The number of carbonyl (C=O) groups is 1. The third-order valence-corrected chi connectivity index (χ3v) is 4.75. The number of aliphatic imine (C=N–C) groups is 1. The van der Waals surface area contributed by atoms with Crippen LogP contribution in [0.2, 0.25) is 0 Å². The van der Waals surface area contributed by atoms with Gasteiger partial charge < -0.3 is 20.3 Å². The molecule has 2 aromatic carbocycles. The van der Waals surface area contributed by atoms with Crippen molar-refractivity contribution >= 4 is 41.5 Å². The second-order valence-electron chi connectivity index (χ2n) is 6.94. The molecule has 0 aromatic heterocycles. The first-order chi connectivity index (χ1) is 14.2. The minimum atomic E-state index is 0. The molecule has 0 spiro atoms. The van der Waals surface area contributed by atoms with Gasteiger partial charge in [0.1, 0.15) is 5.75 Å². The van der Waals surface area contributed by atoms with Crippen molar-refractivity contribution in [1.29, 1.82) is 0 Å². The van der Waals surface area contributed by atoms with Crippen molar-refractivity contribution in [2.24, 2.45) is 4.99 Å². The Labute approximate surface area is 196 Å². The first-order valence-electron chi connectivity index (χ1n) is 10.3. The van der Waals surface area contributed by atoms with Crippen molar-refractivity contribution in [2.75, 3.05) is 24.6 Å². The topological polar surface area (TPSA) is 66.0 Å². The molecule has 3 rings (SSSR count). The third kappa shape index (κ3) is 6.90. The van der Waals surface area contributed by atoms with Gasteiger partial charge in [0.15, 0.2) is 5.96 Å². The van der Waals surface area contributed by atoms with Gasteiger partial charge in [0, 0.05) is 31.7 Å². The van der Waals surface area contributed by atoms with Crippen molar-refractivity contribution in [3.05, 3.63) is 59.7 Å². The lowest BCUT2D eigenvalue weighted by atomic mass is 10.2. The van der Waals surface area contributed by atoms with Gasteiger partial charge in [-0.2, -0.15) is 0 Å². The van der Waals surface area contributed by atoms with E-state index < -0.39 is 0 Å². The van der Waals surface area contributed by atoms with Crippen LogP contribution >= 0.6 is 24.0 Å². The molecule has 2 aromatic rings. The number of nitrogens with zero attached hydrogens (tertiary/aromatic N) is 2. The van der Waals surface area contributed by atoms with E-state index in [-0.39, 0.29) is 29.9 Å². The largest absolute Gasteiger partial charge is 0.494 e. The van der Waals surface area contributed by atoms with Crippen LogP contribution in [0.4, 0.5) is 5.69 Å². The van der Waals surface area contributed by atoms with E-state index in [1.807, 2.05) is 48.2 Å². The van der Waals surface area contributed by atoms with Crippen LogP contribution in [0.25, 0.3) is 0 Å². The normalized spacial score (nSPS) is 13.7. The smallest absolute Gasteiger partial charge is 0.227 e. The van der Waals surface area contributed by atoms with Crippen LogP contribution < -0.4 is 20.3 Å². The number of benzene rings is 2. The summed E-state index contributed by atoms with van der Waals surface area (Å²) in [5.41, 5.74) is 3.23. The Morgan fingerprint density at radius 1 is 1.10 bits per heavy atom. The number of rotatable bonds is 8. The van der Waals surface area contributed by atoms with Crippen molar-refractivity contribution < 1.29 is 9.53 Å². The van der Waals surface area contributed by atoms with E-state index in [0.717, 1.165) is 48.0 Å². The number of carbonyl (C=O) groups excluding carboxylic acids is 1. The fourth-order valence-electron chi connectivity index (χ4n) is 3.31. The maximum atomic E-state index is 11.9. The molecule has 30 heavy (non-hydrogen) atoms. The first-order valence-corrected chi connectivity index (χ1v) is 10.3. The molecule has 0 radical (unpaired) electrons. The van der Waals surface area contributed by atoms with Crippen molar-refractivity contribution in [3.8, 4) is 5.75 Å². The highest BCUT2D eigenvalue weighted by Crippen LogP contribution is 2.21. The van der Waals surface area contributed by atoms with E-state index in [4.69, 9.17) is 4.74 Å². The number of halogens is 1. The van der Waals surface area contributed by atoms with E-state index in [2.05, 4.69) is 34.7 Å². The number of hydrogen-bond donors (Lipinski definition) is 2. The molecule has 7 heteroatoms. The number of amides is 1. The Balaban J connectivity index is 0.00000320. The van der Waals surface area contributed by atoms with Gasteiger partial charge in [0.25, 0.3) is 0 Å². The van der Waals surface area contributed by atoms with Crippen molar-refractivity contribution in [3.63, 3.8) is 0 Å². The third-order valence-electron chi connectivity index (χ3n) is 4.75. The van der Waals surface area contributed by atoms with Crippen LogP contribution in [0.1, 0.15) is 37.8 Å². The lowest BCUT2D eigenvalue weighted by Crippen LogP contribution is -2.36. The van der Waals surface area contributed by atoms with Crippen LogP contribution in [0.5, 0.6) is 5.75 Å². The molecule has 162 valence electrons. The second-order valence-corrected chi connectivity index (χ2v) is 6.94. The van der Waals surface area contributed by atoms with E-state index in [9.17, 15) is 4.79 Å². The summed E-state index contributed by atoms with van der Waals surface area (Å²) in [6.45, 7) is 7.54. The molecule has 1 saturated heterocycles. The average molecular weight is 522 g/mol. The van der Waals surface area contributed by atoms with Crippen LogP contribution in [-0.4, -0.2) is 31.6 Å². The summed E-state index contributed by atoms with van der Waals surface area (Å²) >= 11 is 0. The predicted molar refractivity (Wildman–Crippen MR) is 133 cm³/mol. The fraction of sp³-hybridized carbons (Fsp3) is 0.391. The fourth-order valence-corrected chi connectivity index (χ4v) is 3.31. The molecule has 0 unspecified atom stereocenters. The van der Waals surface area contributed by atoms with Crippen LogP contribution in [0, 0.1) is 0 Å². The zero-order chi connectivity index (χ0) is 20.5. The van der Waals surface area contributed by atoms with Gasteiger partial charge in [-0.1, -0.05) is 24.3 Å². The number of anilines is 1. The molecule has 6 nitrogen and oxygen atoms in total. The molecular formula is C23H31IN4O2. The molecule has 1 fully saturated rings. The van der Waals surface area contributed by atoms with Gasteiger partial charge in [-0.3, -0.25) is 4.79 Å². The molecule has 0 bridgehead atoms. The van der Waals surface area contributed by atoms with Gasteiger partial charge in [-0.25, -0.2) is 4.99 Å². The lowest BCUT2D eigenvalue weighted by Gasteiger charge is -2.16. The Morgan fingerprint density at radius 2 is 1.90 bits per heavy atom.